The molecule has 1 unspecified atom stereocenters. The molecule has 1 N–H and O–H groups in total. The van der Waals surface area contributed by atoms with E-state index in [0.717, 1.165) is 17.8 Å². The minimum atomic E-state index is -4.43. The van der Waals surface area contributed by atoms with Gasteiger partial charge in [-0.15, -0.1) is 0 Å². The van der Waals surface area contributed by atoms with Crippen molar-refractivity contribution in [2.75, 3.05) is 30.9 Å². The predicted octanol–water partition coefficient (Wildman–Crippen LogP) is 2.85. The monoisotopic (exact) mass is 429 g/mol. The van der Waals surface area contributed by atoms with E-state index in [0.29, 0.717) is 37.5 Å². The predicted molar refractivity (Wildman–Crippen MR) is 103 cm³/mol. The van der Waals surface area contributed by atoms with Gasteiger partial charge in [0.15, 0.2) is 0 Å². The lowest BCUT2D eigenvalue weighted by Crippen LogP contribution is -2.38. The summed E-state index contributed by atoms with van der Waals surface area (Å²) in [6.45, 7) is 0.879. The summed E-state index contributed by atoms with van der Waals surface area (Å²) in [4.78, 5) is 5.64. The van der Waals surface area contributed by atoms with Gasteiger partial charge in [-0.05, 0) is 42.7 Å². The van der Waals surface area contributed by atoms with E-state index in [1.165, 1.54) is 6.07 Å². The van der Waals surface area contributed by atoms with Gasteiger partial charge in [0.05, 0.1) is 18.4 Å². The number of methoxy groups -OCH3 is 1. The van der Waals surface area contributed by atoms with Crippen LogP contribution in [0.1, 0.15) is 17.5 Å². The first-order valence-corrected chi connectivity index (χ1v) is 10.7. The number of alkyl halides is 3. The third-order valence-electron chi connectivity index (χ3n) is 4.75. The number of ether oxygens (including phenoxy) is 1. The highest BCUT2D eigenvalue weighted by Gasteiger charge is 2.32. The Balaban J connectivity index is 1.52. The normalized spacial score (nSPS) is 17.5. The Morgan fingerprint density at radius 3 is 2.52 bits per heavy atom. The highest BCUT2D eigenvalue weighted by atomic mass is 32.2. The minimum absolute atomic E-state index is 0.0473. The van der Waals surface area contributed by atoms with Gasteiger partial charge in [0.25, 0.3) is 0 Å². The molecule has 2 heterocycles. The van der Waals surface area contributed by atoms with Crippen molar-refractivity contribution in [3.05, 3.63) is 53.7 Å². The summed E-state index contributed by atoms with van der Waals surface area (Å²) in [5.41, 5.74) is 0.0782. The van der Waals surface area contributed by atoms with Crippen LogP contribution >= 0.6 is 0 Å². The van der Waals surface area contributed by atoms with Gasteiger partial charge < -0.3 is 9.64 Å². The van der Waals surface area contributed by atoms with Crippen molar-refractivity contribution in [3.63, 3.8) is 0 Å². The Morgan fingerprint density at radius 1 is 1.21 bits per heavy atom. The van der Waals surface area contributed by atoms with Crippen molar-refractivity contribution in [3.8, 4) is 5.75 Å². The zero-order chi connectivity index (χ0) is 21.1. The fourth-order valence-corrected chi connectivity index (χ4v) is 4.49. The topological polar surface area (TPSA) is 71.5 Å². The van der Waals surface area contributed by atoms with E-state index in [1.54, 1.807) is 24.1 Å². The number of aromatic nitrogens is 1. The van der Waals surface area contributed by atoms with E-state index in [4.69, 9.17) is 4.74 Å². The summed E-state index contributed by atoms with van der Waals surface area (Å²) >= 11 is 0. The summed E-state index contributed by atoms with van der Waals surface area (Å²) in [7, 11) is -1.92. The quantitative estimate of drug-likeness (QED) is 0.733. The maximum absolute atomic E-state index is 12.6. The molecule has 0 spiro atoms. The molecule has 1 aliphatic heterocycles. The Labute approximate surface area is 167 Å². The number of halogens is 3. The Hall–Kier alpha value is -2.33. The fraction of sp³-hybridized carbons (Fsp3) is 0.421. The molecule has 0 radical (unpaired) electrons. The molecule has 2 aromatic rings. The maximum atomic E-state index is 12.6. The first kappa shape index (κ1) is 21.4. The lowest BCUT2D eigenvalue weighted by Gasteiger charge is -2.18. The summed E-state index contributed by atoms with van der Waals surface area (Å²) in [5, 5.41) is 0. The van der Waals surface area contributed by atoms with E-state index >= 15 is 0 Å². The molecule has 0 amide bonds. The molecule has 10 heteroatoms. The third kappa shape index (κ3) is 5.83. The van der Waals surface area contributed by atoms with Crippen molar-refractivity contribution >= 4 is 15.8 Å². The van der Waals surface area contributed by atoms with Crippen molar-refractivity contribution < 1.29 is 26.3 Å². The van der Waals surface area contributed by atoms with Crippen LogP contribution in [-0.4, -0.2) is 45.4 Å². The maximum Gasteiger partial charge on any atom is 0.417 e. The van der Waals surface area contributed by atoms with Crippen molar-refractivity contribution in [2.24, 2.45) is 0 Å². The Bertz CT molecular complexity index is 916. The van der Waals surface area contributed by atoms with E-state index in [9.17, 15) is 21.6 Å². The van der Waals surface area contributed by atoms with Gasteiger partial charge >= 0.3 is 6.18 Å². The molecule has 1 atom stereocenters. The van der Waals surface area contributed by atoms with Crippen LogP contribution in [0.5, 0.6) is 5.75 Å². The number of pyridine rings is 1. The van der Waals surface area contributed by atoms with Crippen molar-refractivity contribution in [1.29, 1.82) is 0 Å². The van der Waals surface area contributed by atoms with Gasteiger partial charge in [-0.3, -0.25) is 0 Å². The standard InChI is InChI=1S/C19H22F3N3O3S/c1-28-17-5-2-14(3-6-17)9-11-29(26,27)24-16-8-10-25(13-16)18-7-4-15(12-23-18)19(20,21)22/h2-7,12,16,24H,8-11,13H2,1H3. The number of anilines is 1. The molecule has 158 valence electrons. The van der Waals surface area contributed by atoms with Crippen LogP contribution in [0.2, 0.25) is 0 Å². The second kappa shape index (κ2) is 8.58. The molecule has 6 nitrogen and oxygen atoms in total. The molecule has 0 bridgehead atoms. The lowest BCUT2D eigenvalue weighted by atomic mass is 10.2. The van der Waals surface area contributed by atoms with Gasteiger partial charge in [-0.2, -0.15) is 13.2 Å². The molecule has 29 heavy (non-hydrogen) atoms. The van der Waals surface area contributed by atoms with Crippen LogP contribution in [0, 0.1) is 0 Å². The number of hydrogen-bond acceptors (Lipinski definition) is 5. The molecule has 1 aromatic heterocycles. The van der Waals surface area contributed by atoms with E-state index < -0.39 is 21.8 Å². The van der Waals surface area contributed by atoms with Crippen LogP contribution in [0.15, 0.2) is 42.6 Å². The lowest BCUT2D eigenvalue weighted by molar-refractivity contribution is -0.137. The average Bonchev–Trinajstić information content (AvgIpc) is 3.14. The molecule has 1 aromatic carbocycles. The highest BCUT2D eigenvalue weighted by molar-refractivity contribution is 7.89. The van der Waals surface area contributed by atoms with E-state index in [-0.39, 0.29) is 11.8 Å². The minimum Gasteiger partial charge on any atom is -0.497 e. The first-order chi connectivity index (χ1) is 13.7. The van der Waals surface area contributed by atoms with Crippen LogP contribution in [0.4, 0.5) is 19.0 Å². The number of rotatable bonds is 7. The van der Waals surface area contributed by atoms with Crippen LogP contribution in [0.3, 0.4) is 0 Å². The van der Waals surface area contributed by atoms with Crippen LogP contribution in [-0.2, 0) is 22.6 Å². The molecule has 1 aliphatic rings. The third-order valence-corrected chi connectivity index (χ3v) is 6.19. The summed E-state index contributed by atoms with van der Waals surface area (Å²) in [6.07, 6.45) is -2.71. The summed E-state index contributed by atoms with van der Waals surface area (Å²) in [5.74, 6) is 1.06. The average molecular weight is 429 g/mol. The van der Waals surface area contributed by atoms with Gasteiger partial charge in [0.2, 0.25) is 10.0 Å². The summed E-state index contributed by atoms with van der Waals surface area (Å²) < 4.78 is 70.5. The van der Waals surface area contributed by atoms with Crippen molar-refractivity contribution in [1.82, 2.24) is 9.71 Å². The number of nitrogens with one attached hydrogen (secondary N) is 1. The molecule has 1 saturated heterocycles. The molecule has 3 rings (SSSR count). The van der Waals surface area contributed by atoms with Gasteiger partial charge in [0.1, 0.15) is 11.6 Å². The highest BCUT2D eigenvalue weighted by Crippen LogP contribution is 2.30. The van der Waals surface area contributed by atoms with Crippen molar-refractivity contribution in [2.45, 2.75) is 25.1 Å². The van der Waals surface area contributed by atoms with E-state index in [2.05, 4.69) is 9.71 Å². The van der Waals surface area contributed by atoms with Gasteiger partial charge in [0, 0.05) is 25.3 Å². The molecule has 0 saturated carbocycles. The van der Waals surface area contributed by atoms with Crippen LogP contribution < -0.4 is 14.4 Å². The second-order valence-electron chi connectivity index (χ2n) is 6.87. The smallest absolute Gasteiger partial charge is 0.417 e. The zero-order valence-electron chi connectivity index (χ0n) is 15.8. The van der Waals surface area contributed by atoms with E-state index in [1.807, 2.05) is 12.1 Å². The van der Waals surface area contributed by atoms with Crippen LogP contribution in [0.25, 0.3) is 0 Å². The number of nitrogens with zero attached hydrogens (tertiary/aromatic N) is 2. The zero-order valence-corrected chi connectivity index (χ0v) is 16.6. The first-order valence-electron chi connectivity index (χ1n) is 9.07. The Kier molecular flexibility index (Phi) is 6.33. The van der Waals surface area contributed by atoms with Gasteiger partial charge in [-0.25, -0.2) is 18.1 Å². The summed E-state index contributed by atoms with van der Waals surface area (Å²) in [6, 6.07) is 9.18. The molecule has 1 fully saturated rings. The largest absolute Gasteiger partial charge is 0.497 e. The molecular weight excluding hydrogens is 407 g/mol. The van der Waals surface area contributed by atoms with Gasteiger partial charge in [-0.1, -0.05) is 12.1 Å². The Morgan fingerprint density at radius 2 is 1.93 bits per heavy atom. The second-order valence-corrected chi connectivity index (χ2v) is 8.74. The fourth-order valence-electron chi connectivity index (χ4n) is 3.16. The molecular formula is C19H22F3N3O3S. The number of benzene rings is 1. The SMILES string of the molecule is COc1ccc(CCS(=O)(=O)NC2CCN(c3ccc(C(F)(F)F)cn3)C2)cc1. The number of aryl methyl sites for hydroxylation is 1. The number of sulfonamides is 1. The molecule has 0 aliphatic carbocycles. The number of hydrogen-bond donors (Lipinski definition) is 1.